The lowest BCUT2D eigenvalue weighted by atomic mass is 10.1. The van der Waals surface area contributed by atoms with Gasteiger partial charge in [0.1, 0.15) is 6.61 Å². The molecule has 7 nitrogen and oxygen atoms in total. The van der Waals surface area contributed by atoms with Gasteiger partial charge in [0.2, 0.25) is 5.91 Å². The second-order valence-electron chi connectivity index (χ2n) is 5.53. The molecule has 0 radical (unpaired) electrons. The van der Waals surface area contributed by atoms with Crippen LogP contribution in [-0.4, -0.2) is 75.7 Å². The highest BCUT2D eigenvalue weighted by Gasteiger charge is 2.23. The molecule has 2 rings (SSSR count). The highest BCUT2D eigenvalue weighted by atomic mass is 16.5. The SMILES string of the molecule is COCC(=O)N1CCCN(C(=O)c2ccc(OC)c(OC)c2)CC1. The molecule has 24 heavy (non-hydrogen) atoms. The van der Waals surface area contributed by atoms with E-state index in [0.717, 1.165) is 6.42 Å². The Kier molecular flexibility index (Phi) is 6.43. The maximum absolute atomic E-state index is 12.7. The maximum Gasteiger partial charge on any atom is 0.254 e. The van der Waals surface area contributed by atoms with Gasteiger partial charge in [-0.3, -0.25) is 9.59 Å². The number of carbonyl (C=O) groups excluding carboxylic acids is 2. The predicted molar refractivity (Wildman–Crippen MR) is 88.5 cm³/mol. The topological polar surface area (TPSA) is 68.3 Å². The summed E-state index contributed by atoms with van der Waals surface area (Å²) in [6.07, 6.45) is 0.745. The molecule has 1 aliphatic rings. The van der Waals surface area contributed by atoms with E-state index in [0.29, 0.717) is 43.2 Å². The molecule has 0 atom stereocenters. The van der Waals surface area contributed by atoms with Crippen LogP contribution in [0.3, 0.4) is 0 Å². The van der Waals surface area contributed by atoms with Crippen LogP contribution in [0.2, 0.25) is 0 Å². The summed E-state index contributed by atoms with van der Waals surface area (Å²) in [5.41, 5.74) is 0.546. The van der Waals surface area contributed by atoms with E-state index in [-0.39, 0.29) is 18.4 Å². The zero-order chi connectivity index (χ0) is 17.5. The third-order valence-electron chi connectivity index (χ3n) is 4.03. The van der Waals surface area contributed by atoms with Crippen molar-refractivity contribution in [2.45, 2.75) is 6.42 Å². The summed E-state index contributed by atoms with van der Waals surface area (Å²) in [6.45, 7) is 2.34. The molecule has 2 amide bonds. The minimum Gasteiger partial charge on any atom is -0.493 e. The molecule has 132 valence electrons. The Labute approximate surface area is 142 Å². The van der Waals surface area contributed by atoms with Gasteiger partial charge in [-0.15, -0.1) is 0 Å². The molecular formula is C17H24N2O5. The predicted octanol–water partition coefficient (Wildman–Crippen LogP) is 1.02. The number of rotatable bonds is 5. The number of hydrogen-bond donors (Lipinski definition) is 0. The Morgan fingerprint density at radius 2 is 1.62 bits per heavy atom. The fourth-order valence-electron chi connectivity index (χ4n) is 2.74. The summed E-state index contributed by atoms with van der Waals surface area (Å²) < 4.78 is 15.3. The van der Waals surface area contributed by atoms with Crippen LogP contribution in [0.25, 0.3) is 0 Å². The van der Waals surface area contributed by atoms with Crippen molar-refractivity contribution in [2.75, 3.05) is 54.1 Å². The number of ether oxygens (including phenoxy) is 3. The normalized spacial score (nSPS) is 15.0. The maximum atomic E-state index is 12.7. The standard InChI is InChI=1S/C17H24N2O5/c1-22-12-16(20)18-7-4-8-19(10-9-18)17(21)13-5-6-14(23-2)15(11-13)24-3/h5-6,11H,4,7-10,12H2,1-3H3. The van der Waals surface area contributed by atoms with Crippen molar-refractivity contribution in [1.82, 2.24) is 9.80 Å². The van der Waals surface area contributed by atoms with Crippen LogP contribution in [0.1, 0.15) is 16.8 Å². The van der Waals surface area contributed by atoms with E-state index < -0.39 is 0 Å². The van der Waals surface area contributed by atoms with Gasteiger partial charge >= 0.3 is 0 Å². The lowest BCUT2D eigenvalue weighted by Crippen LogP contribution is -2.38. The first-order valence-electron chi connectivity index (χ1n) is 7.88. The van der Waals surface area contributed by atoms with Gasteiger partial charge in [0.25, 0.3) is 5.91 Å². The van der Waals surface area contributed by atoms with Crippen molar-refractivity contribution in [3.8, 4) is 11.5 Å². The van der Waals surface area contributed by atoms with Crippen molar-refractivity contribution in [2.24, 2.45) is 0 Å². The minimum atomic E-state index is -0.0722. The van der Waals surface area contributed by atoms with Crippen LogP contribution < -0.4 is 9.47 Å². The first kappa shape index (κ1) is 18.1. The summed E-state index contributed by atoms with van der Waals surface area (Å²) in [5, 5.41) is 0. The van der Waals surface area contributed by atoms with Crippen molar-refractivity contribution in [1.29, 1.82) is 0 Å². The van der Waals surface area contributed by atoms with Gasteiger partial charge in [-0.25, -0.2) is 0 Å². The van der Waals surface area contributed by atoms with Crippen molar-refractivity contribution in [3.05, 3.63) is 23.8 Å². The third kappa shape index (κ3) is 4.17. The average Bonchev–Trinajstić information content (AvgIpc) is 2.86. The lowest BCUT2D eigenvalue weighted by molar-refractivity contribution is -0.135. The van der Waals surface area contributed by atoms with Gasteiger partial charge in [-0.2, -0.15) is 0 Å². The number of nitrogens with zero attached hydrogens (tertiary/aromatic N) is 2. The first-order chi connectivity index (χ1) is 11.6. The molecule has 0 aromatic heterocycles. The van der Waals surface area contributed by atoms with Gasteiger partial charge < -0.3 is 24.0 Å². The second kappa shape index (κ2) is 8.54. The summed E-state index contributed by atoms with van der Waals surface area (Å²) in [4.78, 5) is 28.1. The largest absolute Gasteiger partial charge is 0.493 e. The summed E-state index contributed by atoms with van der Waals surface area (Å²) in [7, 11) is 4.60. The number of hydrogen-bond acceptors (Lipinski definition) is 5. The zero-order valence-corrected chi connectivity index (χ0v) is 14.4. The molecule has 1 aromatic rings. The van der Waals surface area contributed by atoms with Crippen LogP contribution in [0, 0.1) is 0 Å². The summed E-state index contributed by atoms with van der Waals surface area (Å²) in [6, 6.07) is 5.13. The molecule has 0 N–H and O–H groups in total. The van der Waals surface area contributed by atoms with Gasteiger partial charge in [0.15, 0.2) is 11.5 Å². The molecule has 1 saturated heterocycles. The Morgan fingerprint density at radius 3 is 2.29 bits per heavy atom. The van der Waals surface area contributed by atoms with Crippen LogP contribution in [0.4, 0.5) is 0 Å². The molecule has 1 heterocycles. The molecule has 0 bridgehead atoms. The Bertz CT molecular complexity index is 590. The van der Waals surface area contributed by atoms with Crippen molar-refractivity contribution >= 4 is 11.8 Å². The second-order valence-corrected chi connectivity index (χ2v) is 5.53. The highest BCUT2D eigenvalue weighted by Crippen LogP contribution is 2.28. The van der Waals surface area contributed by atoms with Gasteiger partial charge in [-0.05, 0) is 24.6 Å². The molecule has 0 unspecified atom stereocenters. The molecular weight excluding hydrogens is 312 g/mol. The van der Waals surface area contributed by atoms with E-state index in [1.807, 2.05) is 0 Å². The molecule has 1 aliphatic heterocycles. The van der Waals surface area contributed by atoms with E-state index >= 15 is 0 Å². The van der Waals surface area contributed by atoms with E-state index in [2.05, 4.69) is 0 Å². The summed E-state index contributed by atoms with van der Waals surface area (Å²) >= 11 is 0. The quantitative estimate of drug-likeness (QED) is 0.803. The van der Waals surface area contributed by atoms with Crippen LogP contribution in [0.15, 0.2) is 18.2 Å². The zero-order valence-electron chi connectivity index (χ0n) is 14.4. The lowest BCUT2D eigenvalue weighted by Gasteiger charge is -2.22. The van der Waals surface area contributed by atoms with Crippen molar-refractivity contribution < 1.29 is 23.8 Å². The van der Waals surface area contributed by atoms with Gasteiger partial charge in [-0.1, -0.05) is 0 Å². The van der Waals surface area contributed by atoms with Gasteiger partial charge in [0, 0.05) is 38.9 Å². The summed E-state index contributed by atoms with van der Waals surface area (Å²) in [5.74, 6) is 0.992. The fraction of sp³-hybridized carbons (Fsp3) is 0.529. The van der Waals surface area contributed by atoms with E-state index in [1.54, 1.807) is 35.1 Å². The van der Waals surface area contributed by atoms with E-state index in [9.17, 15) is 9.59 Å². The molecule has 0 saturated carbocycles. The number of amides is 2. The van der Waals surface area contributed by atoms with Crippen LogP contribution in [0.5, 0.6) is 11.5 Å². The Balaban J connectivity index is 2.06. The van der Waals surface area contributed by atoms with E-state index in [4.69, 9.17) is 14.2 Å². The Hall–Kier alpha value is -2.28. The minimum absolute atomic E-state index is 0.0436. The monoisotopic (exact) mass is 336 g/mol. The van der Waals surface area contributed by atoms with Crippen LogP contribution in [-0.2, 0) is 9.53 Å². The Morgan fingerprint density at radius 1 is 0.958 bits per heavy atom. The number of methoxy groups -OCH3 is 3. The molecule has 0 spiro atoms. The van der Waals surface area contributed by atoms with Gasteiger partial charge in [0.05, 0.1) is 14.2 Å². The first-order valence-corrected chi connectivity index (χ1v) is 7.88. The fourth-order valence-corrected chi connectivity index (χ4v) is 2.74. The van der Waals surface area contributed by atoms with Crippen molar-refractivity contribution in [3.63, 3.8) is 0 Å². The average molecular weight is 336 g/mol. The van der Waals surface area contributed by atoms with Crippen LogP contribution >= 0.6 is 0 Å². The highest BCUT2D eigenvalue weighted by molar-refractivity contribution is 5.95. The molecule has 0 aliphatic carbocycles. The van der Waals surface area contributed by atoms with E-state index in [1.165, 1.54) is 14.2 Å². The third-order valence-corrected chi connectivity index (χ3v) is 4.03. The number of benzene rings is 1. The number of carbonyl (C=O) groups is 2. The molecule has 1 fully saturated rings. The molecule has 7 heteroatoms. The molecule has 1 aromatic carbocycles. The smallest absolute Gasteiger partial charge is 0.254 e.